The maximum Gasteiger partial charge on any atom is 0.244 e. The van der Waals surface area contributed by atoms with E-state index in [9.17, 15) is 9.59 Å². The van der Waals surface area contributed by atoms with Gasteiger partial charge in [0.15, 0.2) is 0 Å². The van der Waals surface area contributed by atoms with E-state index >= 15 is 0 Å². The van der Waals surface area contributed by atoms with Crippen molar-refractivity contribution in [3.8, 4) is 0 Å². The summed E-state index contributed by atoms with van der Waals surface area (Å²) in [5.41, 5.74) is 8.99. The number of amides is 2. The lowest BCUT2D eigenvalue weighted by Crippen LogP contribution is -2.38. The molecular formula is C19H19N3O2. The van der Waals surface area contributed by atoms with E-state index in [1.807, 2.05) is 37.3 Å². The molecule has 4 N–H and O–H groups in total. The molecule has 1 atom stereocenters. The molecule has 3 aromatic rings. The molecule has 0 aliphatic heterocycles. The van der Waals surface area contributed by atoms with E-state index in [0.717, 1.165) is 22.2 Å². The van der Waals surface area contributed by atoms with Crippen LogP contribution in [0.3, 0.4) is 0 Å². The van der Waals surface area contributed by atoms with Crippen molar-refractivity contribution in [2.75, 3.05) is 0 Å². The number of rotatable bonds is 5. The smallest absolute Gasteiger partial charge is 0.244 e. The molecule has 0 saturated heterocycles. The molecule has 0 radical (unpaired) electrons. The number of aromatic amines is 1. The summed E-state index contributed by atoms with van der Waals surface area (Å²) >= 11 is 0. The van der Waals surface area contributed by atoms with Crippen molar-refractivity contribution in [1.82, 2.24) is 10.3 Å². The minimum Gasteiger partial charge on any atom is -0.368 e. The van der Waals surface area contributed by atoms with Crippen LogP contribution >= 0.6 is 0 Å². The molecule has 0 spiro atoms. The van der Waals surface area contributed by atoms with E-state index in [2.05, 4.69) is 10.3 Å². The highest BCUT2D eigenvalue weighted by atomic mass is 16.2. The molecule has 5 nitrogen and oxygen atoms in total. The Balaban J connectivity index is 1.81. The van der Waals surface area contributed by atoms with Crippen LogP contribution in [0.5, 0.6) is 0 Å². The largest absolute Gasteiger partial charge is 0.368 e. The Hall–Kier alpha value is -3.08. The number of fused-ring (bicyclic) bond motifs is 1. The van der Waals surface area contributed by atoms with Crippen LogP contribution in [0.1, 0.15) is 22.9 Å². The molecule has 5 heteroatoms. The lowest BCUT2D eigenvalue weighted by atomic mass is 10.0. The van der Waals surface area contributed by atoms with Gasteiger partial charge in [0.1, 0.15) is 6.04 Å². The maximum absolute atomic E-state index is 12.5. The second kappa shape index (κ2) is 6.58. The Morgan fingerprint density at radius 3 is 2.46 bits per heavy atom. The number of benzene rings is 2. The molecule has 0 saturated carbocycles. The Bertz CT molecular complexity index is 884. The number of aryl methyl sites for hydroxylation is 1. The van der Waals surface area contributed by atoms with Crippen LogP contribution in [0.25, 0.3) is 10.9 Å². The first-order valence-electron chi connectivity index (χ1n) is 7.76. The van der Waals surface area contributed by atoms with E-state index < -0.39 is 11.9 Å². The van der Waals surface area contributed by atoms with Gasteiger partial charge >= 0.3 is 0 Å². The van der Waals surface area contributed by atoms with Gasteiger partial charge in [0, 0.05) is 16.6 Å². The fraction of sp³-hybridized carbons (Fsp3) is 0.158. The number of carbonyl (C=O) groups is 2. The van der Waals surface area contributed by atoms with Crippen LogP contribution in [0.2, 0.25) is 0 Å². The van der Waals surface area contributed by atoms with Gasteiger partial charge in [0.2, 0.25) is 11.8 Å². The predicted molar refractivity (Wildman–Crippen MR) is 93.3 cm³/mol. The summed E-state index contributed by atoms with van der Waals surface area (Å²) in [4.78, 5) is 27.4. The Kier molecular flexibility index (Phi) is 4.33. The zero-order valence-corrected chi connectivity index (χ0v) is 13.4. The average molecular weight is 321 g/mol. The quantitative estimate of drug-likeness (QED) is 0.673. The van der Waals surface area contributed by atoms with Crippen LogP contribution in [-0.2, 0) is 16.0 Å². The summed E-state index contributed by atoms with van der Waals surface area (Å²) in [6, 6.07) is 16.0. The first-order chi connectivity index (χ1) is 11.6. The molecule has 0 bridgehead atoms. The van der Waals surface area contributed by atoms with Crippen LogP contribution in [0.4, 0.5) is 0 Å². The molecular weight excluding hydrogens is 302 g/mol. The third-order valence-corrected chi connectivity index (χ3v) is 4.09. The van der Waals surface area contributed by atoms with E-state index in [4.69, 9.17) is 5.73 Å². The topological polar surface area (TPSA) is 88.0 Å². The van der Waals surface area contributed by atoms with Gasteiger partial charge in [0.05, 0.1) is 6.42 Å². The Morgan fingerprint density at radius 2 is 1.75 bits per heavy atom. The third-order valence-electron chi connectivity index (χ3n) is 4.09. The highest BCUT2D eigenvalue weighted by Crippen LogP contribution is 2.22. The first-order valence-corrected chi connectivity index (χ1v) is 7.76. The van der Waals surface area contributed by atoms with Gasteiger partial charge in [-0.2, -0.15) is 0 Å². The lowest BCUT2D eigenvalue weighted by Gasteiger charge is -2.16. The second-order valence-corrected chi connectivity index (χ2v) is 5.76. The summed E-state index contributed by atoms with van der Waals surface area (Å²) in [5, 5.41) is 3.75. The van der Waals surface area contributed by atoms with Gasteiger partial charge in [-0.1, -0.05) is 48.5 Å². The fourth-order valence-electron chi connectivity index (χ4n) is 2.90. The third kappa shape index (κ3) is 3.15. The molecule has 0 aliphatic rings. The Labute approximate surface area is 139 Å². The molecule has 2 aromatic carbocycles. The van der Waals surface area contributed by atoms with Gasteiger partial charge < -0.3 is 16.0 Å². The maximum atomic E-state index is 12.5. The summed E-state index contributed by atoms with van der Waals surface area (Å²) in [6.07, 6.45) is 0.187. The van der Waals surface area contributed by atoms with E-state index in [0.29, 0.717) is 5.56 Å². The number of carbonyl (C=O) groups excluding carboxylic acids is 2. The zero-order chi connectivity index (χ0) is 17.1. The van der Waals surface area contributed by atoms with Gasteiger partial charge in [-0.25, -0.2) is 0 Å². The molecule has 2 amide bonds. The number of para-hydroxylation sites is 1. The van der Waals surface area contributed by atoms with Crippen molar-refractivity contribution in [3.63, 3.8) is 0 Å². The fourth-order valence-corrected chi connectivity index (χ4v) is 2.90. The molecule has 1 heterocycles. The predicted octanol–water partition coefficient (Wildman–Crippen LogP) is 2.36. The number of nitrogens with two attached hydrogens (primary N) is 1. The Morgan fingerprint density at radius 1 is 1.08 bits per heavy atom. The van der Waals surface area contributed by atoms with Crippen molar-refractivity contribution in [2.45, 2.75) is 19.4 Å². The van der Waals surface area contributed by atoms with E-state index in [1.165, 1.54) is 0 Å². The van der Waals surface area contributed by atoms with Gasteiger partial charge in [0.25, 0.3) is 0 Å². The number of hydrogen-bond donors (Lipinski definition) is 3. The minimum absolute atomic E-state index is 0.187. The molecule has 3 rings (SSSR count). The summed E-state index contributed by atoms with van der Waals surface area (Å²) in [5.74, 6) is -0.819. The van der Waals surface area contributed by atoms with Gasteiger partial charge in [-0.15, -0.1) is 0 Å². The highest BCUT2D eigenvalue weighted by molar-refractivity contribution is 5.92. The lowest BCUT2D eigenvalue weighted by molar-refractivity contribution is -0.127. The number of hydrogen-bond acceptors (Lipinski definition) is 2. The van der Waals surface area contributed by atoms with Crippen molar-refractivity contribution in [3.05, 3.63) is 71.4 Å². The molecule has 0 unspecified atom stereocenters. The van der Waals surface area contributed by atoms with Crippen molar-refractivity contribution in [1.29, 1.82) is 0 Å². The highest BCUT2D eigenvalue weighted by Gasteiger charge is 2.21. The van der Waals surface area contributed by atoms with Gasteiger partial charge in [-0.05, 0) is 24.1 Å². The molecule has 0 aliphatic carbocycles. The number of aromatic nitrogens is 1. The van der Waals surface area contributed by atoms with E-state index in [1.54, 1.807) is 24.3 Å². The van der Waals surface area contributed by atoms with Crippen LogP contribution in [0, 0.1) is 6.92 Å². The molecule has 122 valence electrons. The van der Waals surface area contributed by atoms with Crippen molar-refractivity contribution < 1.29 is 9.59 Å². The summed E-state index contributed by atoms with van der Waals surface area (Å²) in [6.45, 7) is 1.94. The van der Waals surface area contributed by atoms with Crippen LogP contribution in [0.15, 0.2) is 54.6 Å². The molecule has 1 aromatic heterocycles. The number of H-pyrrole nitrogens is 1. The van der Waals surface area contributed by atoms with Crippen molar-refractivity contribution in [2.24, 2.45) is 5.73 Å². The average Bonchev–Trinajstić information content (AvgIpc) is 2.89. The monoisotopic (exact) mass is 321 g/mol. The van der Waals surface area contributed by atoms with Crippen molar-refractivity contribution >= 4 is 22.7 Å². The normalized spacial score (nSPS) is 12.0. The van der Waals surface area contributed by atoms with Crippen LogP contribution in [-0.4, -0.2) is 16.8 Å². The minimum atomic E-state index is -0.829. The molecule has 0 fully saturated rings. The summed E-state index contributed by atoms with van der Waals surface area (Å²) < 4.78 is 0. The number of nitrogens with one attached hydrogen (secondary N) is 2. The summed E-state index contributed by atoms with van der Waals surface area (Å²) in [7, 11) is 0. The molecule has 24 heavy (non-hydrogen) atoms. The van der Waals surface area contributed by atoms with E-state index in [-0.39, 0.29) is 12.3 Å². The first kappa shape index (κ1) is 15.8. The number of primary amides is 1. The zero-order valence-electron chi connectivity index (χ0n) is 13.4. The van der Waals surface area contributed by atoms with Gasteiger partial charge in [-0.3, -0.25) is 9.59 Å². The van der Waals surface area contributed by atoms with Crippen LogP contribution < -0.4 is 11.1 Å². The SMILES string of the molecule is Cc1[nH]c2ccccc2c1CC(=O)N[C@@H](C(N)=O)c1ccccc1. The standard InChI is InChI=1S/C19H19N3O2/c1-12-15(14-9-5-6-10-16(14)21-12)11-17(23)22-18(19(20)24)13-7-3-2-4-8-13/h2-10,18,21H,11H2,1H3,(H2,20,24)(H,22,23)/t18-/m1/s1. The second-order valence-electron chi connectivity index (χ2n) is 5.76.